The zero-order valence-corrected chi connectivity index (χ0v) is 14.9. The molecule has 3 aromatic rings. The quantitative estimate of drug-likeness (QED) is 0.607. The summed E-state index contributed by atoms with van der Waals surface area (Å²) >= 11 is 6.94. The Hall–Kier alpha value is -2.58. The van der Waals surface area contributed by atoms with Crippen molar-refractivity contribution < 1.29 is 18.3 Å². The van der Waals surface area contributed by atoms with Crippen LogP contribution in [-0.4, -0.2) is 21.9 Å². The Labute approximate surface area is 157 Å². The van der Waals surface area contributed by atoms with Gasteiger partial charge in [-0.3, -0.25) is 4.79 Å². The van der Waals surface area contributed by atoms with E-state index < -0.39 is 5.82 Å². The number of benzene rings is 2. The van der Waals surface area contributed by atoms with E-state index in [0.29, 0.717) is 17.3 Å². The molecule has 0 aliphatic rings. The number of ether oxygens (including phenoxy) is 1. The van der Waals surface area contributed by atoms with Crippen LogP contribution in [0.1, 0.15) is 5.89 Å². The van der Waals surface area contributed by atoms with Crippen molar-refractivity contribution in [2.45, 2.75) is 11.8 Å². The smallest absolute Gasteiger partial charge is 0.277 e. The number of para-hydroxylation sites is 1. The number of hydrogen-bond donors (Lipinski definition) is 1. The summed E-state index contributed by atoms with van der Waals surface area (Å²) in [6.07, 6.45) is 0. The molecule has 0 bridgehead atoms. The largest absolute Gasteiger partial charge is 0.484 e. The zero-order chi connectivity index (χ0) is 18.4. The molecule has 26 heavy (non-hydrogen) atoms. The van der Waals surface area contributed by atoms with Gasteiger partial charge in [-0.1, -0.05) is 41.6 Å². The van der Waals surface area contributed by atoms with Crippen LogP contribution in [0, 0.1) is 5.82 Å². The molecule has 3 rings (SSSR count). The van der Waals surface area contributed by atoms with E-state index in [0.717, 1.165) is 17.8 Å². The number of rotatable bonds is 7. The minimum atomic E-state index is -0.474. The maximum atomic E-state index is 13.0. The zero-order valence-electron chi connectivity index (χ0n) is 13.3. The number of carbonyl (C=O) groups excluding carboxylic acids is 1. The lowest BCUT2D eigenvalue weighted by atomic mass is 10.3. The van der Waals surface area contributed by atoms with Crippen LogP contribution in [0.3, 0.4) is 0 Å². The van der Waals surface area contributed by atoms with Crippen molar-refractivity contribution >= 4 is 35.0 Å². The van der Waals surface area contributed by atoms with Crippen LogP contribution >= 0.6 is 23.4 Å². The van der Waals surface area contributed by atoms with Gasteiger partial charge in [-0.2, -0.15) is 0 Å². The lowest BCUT2D eigenvalue weighted by molar-refractivity contribution is -0.113. The molecule has 2 aromatic carbocycles. The fourth-order valence-corrected chi connectivity index (χ4v) is 2.72. The number of nitrogens with zero attached hydrogens (tertiary/aromatic N) is 2. The number of hydrogen-bond acceptors (Lipinski definition) is 6. The highest BCUT2D eigenvalue weighted by molar-refractivity contribution is 7.99. The van der Waals surface area contributed by atoms with Crippen LogP contribution in [0.25, 0.3) is 0 Å². The first-order valence-corrected chi connectivity index (χ1v) is 8.84. The summed E-state index contributed by atoms with van der Waals surface area (Å²) < 4.78 is 23.9. The van der Waals surface area contributed by atoms with Gasteiger partial charge in [0.05, 0.1) is 16.5 Å². The fourth-order valence-electron chi connectivity index (χ4n) is 1.92. The predicted octanol–water partition coefficient (Wildman–Crippen LogP) is 4.17. The summed E-state index contributed by atoms with van der Waals surface area (Å²) in [6.45, 7) is 0.134. The van der Waals surface area contributed by atoms with Gasteiger partial charge in [0.25, 0.3) is 11.1 Å². The summed E-state index contributed by atoms with van der Waals surface area (Å²) in [7, 11) is 0. The van der Waals surface area contributed by atoms with Crippen molar-refractivity contribution in [2.24, 2.45) is 0 Å². The molecule has 0 unspecified atom stereocenters. The number of thioether (sulfide) groups is 1. The molecule has 9 heteroatoms. The van der Waals surface area contributed by atoms with Crippen LogP contribution in [0.15, 0.2) is 58.2 Å². The molecule has 0 aliphatic heterocycles. The van der Waals surface area contributed by atoms with E-state index in [2.05, 4.69) is 15.5 Å². The second-order valence-electron chi connectivity index (χ2n) is 5.02. The maximum Gasteiger partial charge on any atom is 0.277 e. The van der Waals surface area contributed by atoms with Gasteiger partial charge in [-0.25, -0.2) is 4.39 Å². The Morgan fingerprint density at radius 3 is 2.81 bits per heavy atom. The molecule has 0 aliphatic carbocycles. The van der Waals surface area contributed by atoms with Gasteiger partial charge >= 0.3 is 0 Å². The highest BCUT2D eigenvalue weighted by Gasteiger charge is 2.12. The van der Waals surface area contributed by atoms with Crippen LogP contribution in [-0.2, 0) is 11.4 Å². The normalized spacial score (nSPS) is 10.5. The molecule has 1 N–H and O–H groups in total. The molecular weight excluding hydrogens is 381 g/mol. The van der Waals surface area contributed by atoms with Crippen molar-refractivity contribution in [1.29, 1.82) is 0 Å². The summed E-state index contributed by atoms with van der Waals surface area (Å²) in [5.41, 5.74) is 0.334. The van der Waals surface area contributed by atoms with Crippen LogP contribution in [0.4, 0.5) is 10.1 Å². The molecule has 0 radical (unpaired) electrons. The van der Waals surface area contributed by atoms with Gasteiger partial charge in [0.1, 0.15) is 11.6 Å². The number of halogens is 2. The molecule has 134 valence electrons. The summed E-state index contributed by atoms with van der Waals surface area (Å²) in [5.74, 6) is 0.227. The minimum absolute atomic E-state index is 0.0366. The van der Waals surface area contributed by atoms with Gasteiger partial charge in [-0.05, 0) is 30.3 Å². The van der Waals surface area contributed by atoms with E-state index in [9.17, 15) is 9.18 Å². The van der Waals surface area contributed by atoms with E-state index in [1.54, 1.807) is 0 Å². The first-order chi connectivity index (χ1) is 12.6. The van der Waals surface area contributed by atoms with E-state index in [4.69, 9.17) is 20.8 Å². The van der Waals surface area contributed by atoms with Crippen LogP contribution in [0.5, 0.6) is 5.75 Å². The highest BCUT2D eigenvalue weighted by atomic mass is 35.5. The highest BCUT2D eigenvalue weighted by Crippen LogP contribution is 2.23. The molecule has 1 amide bonds. The number of amides is 1. The summed E-state index contributed by atoms with van der Waals surface area (Å²) in [6, 6.07) is 13.0. The summed E-state index contributed by atoms with van der Waals surface area (Å²) in [5, 5.41) is 10.7. The second-order valence-corrected chi connectivity index (χ2v) is 6.36. The number of nitrogens with one attached hydrogen (secondary N) is 1. The lowest BCUT2D eigenvalue weighted by Crippen LogP contribution is -2.14. The van der Waals surface area contributed by atoms with E-state index in [1.165, 1.54) is 12.1 Å². The van der Waals surface area contributed by atoms with Crippen LogP contribution in [0.2, 0.25) is 5.02 Å². The Morgan fingerprint density at radius 2 is 2.04 bits per heavy atom. The molecule has 0 atom stereocenters. The molecule has 0 spiro atoms. The first kappa shape index (κ1) is 18.2. The summed E-state index contributed by atoms with van der Waals surface area (Å²) in [4.78, 5) is 11.9. The maximum absolute atomic E-state index is 13.0. The van der Waals surface area contributed by atoms with Crippen molar-refractivity contribution in [2.75, 3.05) is 11.1 Å². The first-order valence-electron chi connectivity index (χ1n) is 7.48. The number of aromatic nitrogens is 2. The molecule has 6 nitrogen and oxygen atoms in total. The molecule has 0 saturated carbocycles. The molecule has 0 fully saturated rings. The second kappa shape index (κ2) is 8.68. The van der Waals surface area contributed by atoms with E-state index in [1.807, 2.05) is 30.3 Å². The van der Waals surface area contributed by atoms with Crippen molar-refractivity contribution in [3.63, 3.8) is 0 Å². The van der Waals surface area contributed by atoms with Crippen molar-refractivity contribution in [1.82, 2.24) is 10.2 Å². The predicted molar refractivity (Wildman–Crippen MR) is 95.8 cm³/mol. The van der Waals surface area contributed by atoms with E-state index >= 15 is 0 Å². The van der Waals surface area contributed by atoms with Gasteiger partial charge in [0, 0.05) is 0 Å². The number of carbonyl (C=O) groups is 1. The minimum Gasteiger partial charge on any atom is -0.484 e. The Morgan fingerprint density at radius 1 is 1.23 bits per heavy atom. The third-order valence-corrected chi connectivity index (χ3v) is 4.22. The average Bonchev–Trinajstić information content (AvgIpc) is 3.09. The number of anilines is 1. The third kappa shape index (κ3) is 5.21. The Bertz CT molecular complexity index is 892. The topological polar surface area (TPSA) is 77.2 Å². The lowest BCUT2D eigenvalue weighted by Gasteiger charge is -2.06. The fraction of sp³-hybridized carbons (Fsp3) is 0.118. The molecule has 0 saturated heterocycles. The third-order valence-electron chi connectivity index (χ3n) is 3.09. The standard InChI is InChI=1S/C17H13ClFN3O3S/c18-13-8-11(19)6-7-14(13)20-15(23)10-26-17-22-21-16(25-17)9-24-12-4-2-1-3-5-12/h1-8H,9-10H2,(H,20,23). The van der Waals surface area contributed by atoms with Gasteiger partial charge < -0.3 is 14.5 Å². The van der Waals surface area contributed by atoms with E-state index in [-0.39, 0.29) is 28.5 Å². The average molecular weight is 394 g/mol. The van der Waals surface area contributed by atoms with Crippen molar-refractivity contribution in [3.8, 4) is 5.75 Å². The SMILES string of the molecule is O=C(CSc1nnc(COc2ccccc2)o1)Nc1ccc(F)cc1Cl. The molecular formula is C17H13ClFN3O3S. The Balaban J connectivity index is 1.47. The monoisotopic (exact) mass is 393 g/mol. The van der Waals surface area contributed by atoms with Gasteiger partial charge in [-0.15, -0.1) is 10.2 Å². The van der Waals surface area contributed by atoms with Crippen LogP contribution < -0.4 is 10.1 Å². The van der Waals surface area contributed by atoms with Crippen molar-refractivity contribution in [3.05, 3.63) is 65.3 Å². The molecule has 1 aromatic heterocycles. The molecule has 1 heterocycles. The van der Waals surface area contributed by atoms with Gasteiger partial charge in [0.15, 0.2) is 6.61 Å². The van der Waals surface area contributed by atoms with Gasteiger partial charge in [0.2, 0.25) is 5.91 Å². The Kier molecular flexibility index (Phi) is 6.08.